The Balaban J connectivity index is 0.000000209. The molecule has 272 valence electrons. The Morgan fingerprint density at radius 1 is 0.804 bits per heavy atom. The summed E-state index contributed by atoms with van der Waals surface area (Å²) >= 11 is 0. The number of aliphatic hydroxyl groups is 2. The molecule has 2 aliphatic rings. The number of aliphatic hydroxyl groups excluding tert-OH is 2. The van der Waals surface area contributed by atoms with Crippen LogP contribution in [0.4, 0.5) is 8.78 Å². The number of rotatable bonds is 13. The summed E-state index contributed by atoms with van der Waals surface area (Å²) in [5.41, 5.74) is 8.66. The summed E-state index contributed by atoms with van der Waals surface area (Å²) in [6, 6.07) is 17.3. The number of hydrogen-bond donors (Lipinski definition) is 5. The van der Waals surface area contributed by atoms with E-state index in [1.54, 1.807) is 36.4 Å². The lowest BCUT2D eigenvalue weighted by Gasteiger charge is -2.17. The van der Waals surface area contributed by atoms with Crippen molar-refractivity contribution in [3.05, 3.63) is 119 Å². The zero-order valence-corrected chi connectivity index (χ0v) is 27.5. The zero-order chi connectivity index (χ0) is 41.9. The smallest absolute Gasteiger partial charge is 0.307 e. The number of carbonyl (C=O) groups is 2. The first-order valence-electron chi connectivity index (χ1n) is 19.1. The maximum absolute atomic E-state index is 13.0. The highest BCUT2D eigenvalue weighted by atomic mass is 19.1. The van der Waals surface area contributed by atoms with E-state index in [1.165, 1.54) is 48.8 Å². The highest BCUT2D eigenvalue weighted by Gasteiger charge is 2.45. The first kappa shape index (κ1) is 30.8. The molecule has 0 aliphatic heterocycles. The molecule has 6 atom stereocenters. The molecule has 2 aromatic heterocycles. The van der Waals surface area contributed by atoms with Gasteiger partial charge in [0.1, 0.15) is 11.6 Å². The number of halogens is 2. The summed E-state index contributed by atoms with van der Waals surface area (Å²) in [4.78, 5) is 30.9. The number of ether oxygens (including phenoxy) is 2. The molecule has 6 rings (SSSR count). The Morgan fingerprint density at radius 2 is 1.29 bits per heavy atom. The number of aromatic nitrogens is 2. The molecule has 0 unspecified atom stereocenters. The van der Waals surface area contributed by atoms with Gasteiger partial charge in [0.05, 0.1) is 44.4 Å². The van der Waals surface area contributed by atoms with Gasteiger partial charge in [-0.05, 0) is 91.0 Å². The Kier molecular flexibility index (Phi) is 11.4. The van der Waals surface area contributed by atoms with Gasteiger partial charge in [-0.3, -0.25) is 9.59 Å². The number of benzene rings is 2. The van der Waals surface area contributed by atoms with Crippen molar-refractivity contribution in [2.45, 2.75) is 50.5 Å². The number of amides is 1. The van der Waals surface area contributed by atoms with Crippen LogP contribution in [0, 0.1) is 23.5 Å². The Hall–Kier alpha value is -4.98. The van der Waals surface area contributed by atoms with Crippen molar-refractivity contribution < 1.29 is 51.4 Å². The molecular weight excluding hydrogens is 662 g/mol. The van der Waals surface area contributed by atoms with Crippen LogP contribution in [0.25, 0.3) is 0 Å². The molecule has 0 radical (unpaired) electrons. The Bertz CT molecular complexity index is 1890. The van der Waals surface area contributed by atoms with Crippen molar-refractivity contribution in [1.29, 1.82) is 0 Å². The number of carboxylic acid groups (broad SMARTS) is 1. The van der Waals surface area contributed by atoms with Crippen molar-refractivity contribution in [1.82, 2.24) is 15.3 Å². The van der Waals surface area contributed by atoms with Gasteiger partial charge in [-0.2, -0.15) is 0 Å². The molecule has 0 spiro atoms. The molecule has 2 fully saturated rings. The second-order valence-electron chi connectivity index (χ2n) is 11.8. The van der Waals surface area contributed by atoms with Crippen LogP contribution in [-0.2, 0) is 9.59 Å². The standard InChI is InChI=1S/C19H21FN2O3.C10H9FO2.C9H14N2O2/c1-2-25-18-8-5-13(10-21-18)17(11-23)22-19(24)16-9-15(16)12-3-6-14(20)7-4-12;11-7-3-1-6(2-4-7)8-5-9(8)10(12)13;1-2-13-9-4-3-7(5-11-9)8(10)6-12/h3-8,10,15-17,23H,2,9,11H2,1H3,(H,22,24);1-4,8-9H,5H2,(H,12,13);3-5,8,12H,2,6,10H2,1H3/t15-,16+,17+;8-,9+;8-/m110/s1/i1D3;;1D3. The summed E-state index contributed by atoms with van der Waals surface area (Å²) in [6.07, 6.45) is 4.24. The number of hydrogen-bond acceptors (Lipinski definition) is 9. The highest BCUT2D eigenvalue weighted by molar-refractivity contribution is 5.83. The van der Waals surface area contributed by atoms with Crippen LogP contribution in [0.3, 0.4) is 0 Å². The topological polar surface area (TPSA) is 177 Å². The minimum atomic E-state index is -2.21. The number of pyridine rings is 2. The second-order valence-corrected chi connectivity index (χ2v) is 11.8. The van der Waals surface area contributed by atoms with Gasteiger partial charge >= 0.3 is 5.97 Å². The summed E-state index contributed by atoms with van der Waals surface area (Å²) in [7, 11) is 0. The van der Waals surface area contributed by atoms with Gasteiger partial charge in [0.15, 0.2) is 0 Å². The number of aliphatic carboxylic acids is 1. The fourth-order valence-electron chi connectivity index (χ4n) is 5.26. The molecule has 2 saturated carbocycles. The average Bonchev–Trinajstić information content (AvgIpc) is 4.11. The van der Waals surface area contributed by atoms with Crippen LogP contribution >= 0.6 is 0 Å². The van der Waals surface area contributed by atoms with Crippen molar-refractivity contribution >= 4 is 11.9 Å². The number of carbonyl (C=O) groups excluding carboxylic acids is 1. The van der Waals surface area contributed by atoms with Crippen molar-refractivity contribution in [2.24, 2.45) is 17.6 Å². The summed E-state index contributed by atoms with van der Waals surface area (Å²) in [5.74, 6) is -1.48. The van der Waals surface area contributed by atoms with Gasteiger partial charge in [-0.15, -0.1) is 0 Å². The van der Waals surface area contributed by atoms with E-state index in [9.17, 15) is 23.5 Å². The van der Waals surface area contributed by atoms with E-state index in [-0.39, 0.29) is 72.8 Å². The van der Waals surface area contributed by atoms with Crippen molar-refractivity contribution in [2.75, 3.05) is 26.4 Å². The van der Waals surface area contributed by atoms with Gasteiger partial charge in [-0.1, -0.05) is 30.3 Å². The summed E-state index contributed by atoms with van der Waals surface area (Å²) in [6.45, 7) is -5.67. The van der Waals surface area contributed by atoms with E-state index < -0.39 is 38.4 Å². The van der Waals surface area contributed by atoms with Gasteiger partial charge in [0.25, 0.3) is 0 Å². The maximum Gasteiger partial charge on any atom is 0.307 e. The molecule has 6 N–H and O–H groups in total. The van der Waals surface area contributed by atoms with Crippen LogP contribution in [0.15, 0.2) is 85.2 Å². The van der Waals surface area contributed by atoms with Gasteiger partial charge in [-0.25, -0.2) is 18.7 Å². The highest BCUT2D eigenvalue weighted by Crippen LogP contribution is 2.48. The molecular formula is C38H44F2N4O7. The van der Waals surface area contributed by atoms with Crippen molar-refractivity contribution in [3.8, 4) is 11.8 Å². The fraction of sp³-hybridized carbons (Fsp3) is 0.368. The largest absolute Gasteiger partial charge is 0.481 e. The van der Waals surface area contributed by atoms with Crippen LogP contribution in [0.1, 0.15) is 80.9 Å². The minimum absolute atomic E-state index is 0.0497. The molecule has 2 aromatic carbocycles. The average molecular weight is 713 g/mol. The third-order valence-electron chi connectivity index (χ3n) is 8.32. The Labute approximate surface area is 303 Å². The van der Waals surface area contributed by atoms with Crippen LogP contribution in [0.2, 0.25) is 0 Å². The predicted octanol–water partition coefficient (Wildman–Crippen LogP) is 5.06. The lowest BCUT2D eigenvalue weighted by Crippen LogP contribution is -2.32. The molecule has 1 amide bonds. The predicted molar refractivity (Wildman–Crippen MR) is 185 cm³/mol. The first-order valence-corrected chi connectivity index (χ1v) is 16.1. The van der Waals surface area contributed by atoms with Gasteiger partial charge in [0.2, 0.25) is 17.7 Å². The number of nitrogens with zero attached hydrogens (tertiary/aromatic N) is 2. The summed E-state index contributed by atoms with van der Waals surface area (Å²) < 4.78 is 77.8. The van der Waals surface area contributed by atoms with Crippen LogP contribution in [0.5, 0.6) is 11.8 Å². The zero-order valence-electron chi connectivity index (χ0n) is 33.5. The van der Waals surface area contributed by atoms with E-state index in [0.717, 1.165) is 11.1 Å². The molecule has 0 bridgehead atoms. The number of carboxylic acids is 1. The van der Waals surface area contributed by atoms with E-state index in [1.807, 2.05) is 0 Å². The van der Waals surface area contributed by atoms with Crippen molar-refractivity contribution in [3.63, 3.8) is 0 Å². The number of nitrogens with two attached hydrogens (primary N) is 1. The van der Waals surface area contributed by atoms with E-state index in [2.05, 4.69) is 15.3 Å². The minimum Gasteiger partial charge on any atom is -0.481 e. The van der Waals surface area contributed by atoms with Crippen LogP contribution < -0.4 is 20.5 Å². The summed E-state index contributed by atoms with van der Waals surface area (Å²) in [5, 5.41) is 29.9. The third kappa shape index (κ3) is 11.5. The number of nitrogens with one attached hydrogen (secondary N) is 1. The molecule has 4 aromatic rings. The van der Waals surface area contributed by atoms with Gasteiger partial charge < -0.3 is 35.8 Å². The van der Waals surface area contributed by atoms with E-state index in [0.29, 0.717) is 24.0 Å². The fourth-order valence-corrected chi connectivity index (χ4v) is 5.26. The third-order valence-corrected chi connectivity index (χ3v) is 8.32. The molecule has 0 saturated heterocycles. The molecule has 2 heterocycles. The second kappa shape index (κ2) is 18.9. The van der Waals surface area contributed by atoms with E-state index in [4.69, 9.17) is 33.6 Å². The molecule has 11 nitrogen and oxygen atoms in total. The first-order chi connectivity index (χ1) is 26.9. The monoisotopic (exact) mass is 712 g/mol. The molecule has 51 heavy (non-hydrogen) atoms. The maximum atomic E-state index is 13.0. The lowest BCUT2D eigenvalue weighted by atomic mass is 10.1. The SMILES string of the molecule is O=C(O)[C@H]1C[C@@H]1c1ccc(F)cc1.[2H]C([2H])([2H])COc1ccc([C@@H](N)CO)cn1.[2H]C([2H])([2H])COc1ccc([C@H](CO)NC(=O)[C@H]2C[C@@H]2c2ccc(F)cc2)cn1. The quantitative estimate of drug-likeness (QED) is 0.126. The molecule has 2 aliphatic carbocycles. The lowest BCUT2D eigenvalue weighted by molar-refractivity contribution is -0.138. The van der Waals surface area contributed by atoms with Gasteiger partial charge in [0, 0.05) is 38.7 Å². The Morgan fingerprint density at radius 3 is 1.71 bits per heavy atom. The molecule has 13 heteroatoms. The normalized spacial score (nSPS) is 21.7. The van der Waals surface area contributed by atoms with Crippen LogP contribution in [-0.4, -0.2) is 63.6 Å². The van der Waals surface area contributed by atoms with E-state index >= 15 is 0 Å².